The molecule has 0 unspecified atom stereocenters. The Labute approximate surface area is 193 Å². The number of fused-ring (bicyclic) bond motifs is 3. The minimum Gasteiger partial charge on any atom is -0.368 e. The van der Waals surface area contributed by atoms with Crippen molar-refractivity contribution in [1.29, 1.82) is 0 Å². The molecule has 0 bridgehead atoms. The molecule has 0 aliphatic heterocycles. The highest BCUT2D eigenvalue weighted by molar-refractivity contribution is 5.98. The zero-order valence-corrected chi connectivity index (χ0v) is 18.1. The van der Waals surface area contributed by atoms with E-state index < -0.39 is 17.9 Å². The summed E-state index contributed by atoms with van der Waals surface area (Å²) in [5.41, 5.74) is 12.9. The van der Waals surface area contributed by atoms with E-state index in [9.17, 15) is 9.59 Å². The van der Waals surface area contributed by atoms with Crippen LogP contribution in [0.2, 0.25) is 0 Å². The first-order valence-electron chi connectivity index (χ1n) is 11.0. The normalized spacial score (nSPS) is 13.1. The summed E-state index contributed by atoms with van der Waals surface area (Å²) in [6.45, 7) is 0. The third-order valence-electron chi connectivity index (χ3n) is 6.26. The molecule has 0 aromatic heterocycles. The van der Waals surface area contributed by atoms with E-state index in [0.29, 0.717) is 6.42 Å². The van der Waals surface area contributed by atoms with Crippen LogP contribution in [0.15, 0.2) is 103 Å². The van der Waals surface area contributed by atoms with Crippen molar-refractivity contribution in [3.63, 3.8) is 0 Å². The van der Waals surface area contributed by atoms with E-state index in [-0.39, 0.29) is 5.91 Å². The van der Waals surface area contributed by atoms with E-state index in [2.05, 4.69) is 17.4 Å². The van der Waals surface area contributed by atoms with Crippen LogP contribution in [0.4, 0.5) is 0 Å². The van der Waals surface area contributed by atoms with Gasteiger partial charge in [-0.25, -0.2) is 0 Å². The van der Waals surface area contributed by atoms with Gasteiger partial charge in [-0.05, 0) is 38.9 Å². The summed E-state index contributed by atoms with van der Waals surface area (Å²) in [6.07, 6.45) is 0.339. The highest BCUT2D eigenvalue weighted by Crippen LogP contribution is 2.44. The Morgan fingerprint density at radius 2 is 1.21 bits per heavy atom. The van der Waals surface area contributed by atoms with Gasteiger partial charge in [-0.2, -0.15) is 0 Å². The van der Waals surface area contributed by atoms with Gasteiger partial charge in [0.05, 0.1) is 5.92 Å². The van der Waals surface area contributed by atoms with Crippen molar-refractivity contribution in [3.05, 3.63) is 120 Å². The first-order valence-corrected chi connectivity index (χ1v) is 11.0. The number of nitrogens with two attached hydrogens (primary N) is 1. The quantitative estimate of drug-likeness (QED) is 0.464. The smallest absolute Gasteiger partial charge is 0.240 e. The second-order valence-corrected chi connectivity index (χ2v) is 8.34. The van der Waals surface area contributed by atoms with Gasteiger partial charge >= 0.3 is 0 Å². The van der Waals surface area contributed by atoms with Crippen LogP contribution in [0, 0.1) is 0 Å². The van der Waals surface area contributed by atoms with Crippen LogP contribution in [0.5, 0.6) is 0 Å². The molecular formula is C29H24N2O2. The Bertz CT molecular complexity index is 1270. The van der Waals surface area contributed by atoms with Gasteiger partial charge in [-0.3, -0.25) is 9.59 Å². The zero-order valence-electron chi connectivity index (χ0n) is 18.1. The third-order valence-corrected chi connectivity index (χ3v) is 6.26. The number of primary amides is 1. The largest absolute Gasteiger partial charge is 0.368 e. The van der Waals surface area contributed by atoms with E-state index in [4.69, 9.17) is 5.73 Å². The lowest BCUT2D eigenvalue weighted by Gasteiger charge is -2.20. The second-order valence-electron chi connectivity index (χ2n) is 8.34. The molecule has 0 fully saturated rings. The predicted octanol–water partition coefficient (Wildman–Crippen LogP) is 4.68. The van der Waals surface area contributed by atoms with Crippen LogP contribution in [0.1, 0.15) is 22.6 Å². The highest BCUT2D eigenvalue weighted by Gasteiger charge is 2.34. The number of carbonyl (C=O) groups is 2. The van der Waals surface area contributed by atoms with Crippen LogP contribution in [-0.4, -0.2) is 17.9 Å². The van der Waals surface area contributed by atoms with Crippen molar-refractivity contribution < 1.29 is 9.59 Å². The first kappa shape index (κ1) is 20.7. The maximum absolute atomic E-state index is 13.4. The Hall–Kier alpha value is -4.18. The van der Waals surface area contributed by atoms with E-state index in [1.54, 1.807) is 0 Å². The molecule has 0 saturated heterocycles. The van der Waals surface area contributed by atoms with Crippen LogP contribution in [0.25, 0.3) is 22.3 Å². The van der Waals surface area contributed by atoms with E-state index in [0.717, 1.165) is 38.9 Å². The highest BCUT2D eigenvalue weighted by atomic mass is 16.2. The molecule has 4 nitrogen and oxygen atoms in total. The van der Waals surface area contributed by atoms with Crippen molar-refractivity contribution in [2.24, 2.45) is 5.73 Å². The van der Waals surface area contributed by atoms with Crippen molar-refractivity contribution in [1.82, 2.24) is 5.32 Å². The summed E-state index contributed by atoms with van der Waals surface area (Å²) in [5.74, 6) is -1.22. The molecular weight excluding hydrogens is 408 g/mol. The number of hydrogen-bond acceptors (Lipinski definition) is 2. The van der Waals surface area contributed by atoms with Crippen LogP contribution >= 0.6 is 0 Å². The van der Waals surface area contributed by atoms with Crippen LogP contribution < -0.4 is 11.1 Å². The molecule has 4 aromatic rings. The number of benzene rings is 4. The molecule has 0 saturated carbocycles. The predicted molar refractivity (Wildman–Crippen MR) is 130 cm³/mol. The lowest BCUT2D eigenvalue weighted by molar-refractivity contribution is -0.127. The lowest BCUT2D eigenvalue weighted by atomic mass is 9.95. The minimum atomic E-state index is -0.792. The standard InChI is InChI=1S/C29H24N2O2/c30-28(32)26(18-19-14-16-21(17-15-19)20-8-2-1-3-9-20)31-29(33)27-24-12-6-4-10-22(24)23-11-5-7-13-25(23)27/h1-17,26-27H,18H2,(H2,30,32)(H,31,33)/t26-/m0/s1. The number of hydrogen-bond donors (Lipinski definition) is 2. The molecule has 1 aliphatic rings. The molecule has 4 heteroatoms. The van der Waals surface area contributed by atoms with Gasteiger partial charge in [0.1, 0.15) is 6.04 Å². The molecule has 2 amide bonds. The van der Waals surface area contributed by atoms with Crippen molar-refractivity contribution in [2.45, 2.75) is 18.4 Å². The van der Waals surface area contributed by atoms with Gasteiger partial charge in [-0.15, -0.1) is 0 Å². The minimum absolute atomic E-state index is 0.211. The van der Waals surface area contributed by atoms with Gasteiger partial charge < -0.3 is 11.1 Å². The number of rotatable bonds is 6. The van der Waals surface area contributed by atoms with Crippen LogP contribution in [-0.2, 0) is 16.0 Å². The number of carbonyl (C=O) groups excluding carboxylic acids is 2. The fourth-order valence-electron chi connectivity index (χ4n) is 4.62. The topological polar surface area (TPSA) is 72.2 Å². The molecule has 5 rings (SSSR count). The lowest BCUT2D eigenvalue weighted by Crippen LogP contribution is -2.47. The Kier molecular flexibility index (Phi) is 5.49. The summed E-state index contributed by atoms with van der Waals surface area (Å²) in [5, 5.41) is 2.92. The SMILES string of the molecule is NC(=O)[C@H](Cc1ccc(-c2ccccc2)cc1)NC(=O)C1c2ccccc2-c2ccccc21. The van der Waals surface area contributed by atoms with Crippen LogP contribution in [0.3, 0.4) is 0 Å². The van der Waals surface area contributed by atoms with Gasteiger partial charge in [0.25, 0.3) is 0 Å². The average molecular weight is 433 g/mol. The van der Waals surface area contributed by atoms with Gasteiger partial charge in [-0.1, -0.05) is 103 Å². The summed E-state index contributed by atoms with van der Waals surface area (Å²) in [7, 11) is 0. The Balaban J connectivity index is 1.36. The maximum Gasteiger partial charge on any atom is 0.240 e. The molecule has 33 heavy (non-hydrogen) atoms. The zero-order chi connectivity index (χ0) is 22.8. The third kappa shape index (κ3) is 4.03. The maximum atomic E-state index is 13.4. The first-order chi connectivity index (χ1) is 16.1. The number of nitrogens with one attached hydrogen (secondary N) is 1. The number of amides is 2. The van der Waals surface area contributed by atoms with Gasteiger partial charge in [0, 0.05) is 6.42 Å². The summed E-state index contributed by atoms with van der Waals surface area (Å²) in [6, 6.07) is 33.1. The molecule has 0 spiro atoms. The molecule has 162 valence electrons. The molecule has 1 atom stereocenters. The Morgan fingerprint density at radius 1 is 0.697 bits per heavy atom. The van der Waals surface area contributed by atoms with Gasteiger partial charge in [0.15, 0.2) is 0 Å². The molecule has 3 N–H and O–H groups in total. The summed E-state index contributed by atoms with van der Waals surface area (Å²) < 4.78 is 0. The molecule has 1 aliphatic carbocycles. The van der Waals surface area contributed by atoms with Crippen molar-refractivity contribution >= 4 is 11.8 Å². The van der Waals surface area contributed by atoms with Crippen molar-refractivity contribution in [3.8, 4) is 22.3 Å². The summed E-state index contributed by atoms with van der Waals surface area (Å²) in [4.78, 5) is 25.6. The molecule has 4 aromatic carbocycles. The Morgan fingerprint density at radius 3 is 1.79 bits per heavy atom. The van der Waals surface area contributed by atoms with Crippen molar-refractivity contribution in [2.75, 3.05) is 0 Å². The average Bonchev–Trinajstić information content (AvgIpc) is 3.19. The fraction of sp³-hybridized carbons (Fsp3) is 0.103. The monoisotopic (exact) mass is 432 g/mol. The van der Waals surface area contributed by atoms with E-state index in [1.165, 1.54) is 0 Å². The van der Waals surface area contributed by atoms with E-state index in [1.807, 2.05) is 91.0 Å². The van der Waals surface area contributed by atoms with E-state index >= 15 is 0 Å². The summed E-state index contributed by atoms with van der Waals surface area (Å²) >= 11 is 0. The second kappa shape index (κ2) is 8.75. The fourth-order valence-corrected chi connectivity index (χ4v) is 4.62. The molecule has 0 radical (unpaired) electrons. The van der Waals surface area contributed by atoms with Gasteiger partial charge in [0.2, 0.25) is 11.8 Å². The molecule has 0 heterocycles.